The van der Waals surface area contributed by atoms with E-state index in [1.165, 1.54) is 29.2 Å². The summed E-state index contributed by atoms with van der Waals surface area (Å²) in [6.07, 6.45) is 3.72. The number of nitrogens with zero attached hydrogens (tertiary/aromatic N) is 2. The van der Waals surface area contributed by atoms with Crippen molar-refractivity contribution >= 4 is 33.5 Å². The zero-order valence-corrected chi connectivity index (χ0v) is 25.9. The molecule has 11 nitrogen and oxygen atoms in total. The minimum atomic E-state index is -3.85. The van der Waals surface area contributed by atoms with E-state index in [0.29, 0.717) is 55.7 Å². The van der Waals surface area contributed by atoms with Gasteiger partial charge in [0.1, 0.15) is 29.3 Å². The molecule has 4 atom stereocenters. The lowest BCUT2D eigenvalue weighted by Gasteiger charge is -2.29. The molecule has 2 aromatic carbocycles. The Bertz CT molecular complexity index is 1740. The van der Waals surface area contributed by atoms with E-state index in [1.54, 1.807) is 0 Å². The molecule has 4 fully saturated rings. The number of fused-ring (bicyclic) bond motifs is 1. The monoisotopic (exact) mass is 650 g/mol. The Morgan fingerprint density at radius 1 is 1.13 bits per heavy atom. The van der Waals surface area contributed by atoms with Crippen molar-refractivity contribution in [2.45, 2.75) is 73.3 Å². The fraction of sp³-hybridized carbons (Fsp3) is 0.455. The summed E-state index contributed by atoms with van der Waals surface area (Å²) in [6.45, 7) is 4.16. The Kier molecular flexibility index (Phi) is 7.41. The highest BCUT2D eigenvalue weighted by Gasteiger charge is 2.62. The molecule has 1 saturated heterocycles. The lowest BCUT2D eigenvalue weighted by Crippen LogP contribution is -2.57. The van der Waals surface area contributed by atoms with Gasteiger partial charge in [0.25, 0.3) is 5.91 Å². The molecule has 3 aliphatic carbocycles. The minimum Gasteiger partial charge on any atom is -0.492 e. The number of benzene rings is 2. The maximum absolute atomic E-state index is 14.2. The minimum absolute atomic E-state index is 0.0644. The number of carbonyl (C=O) groups excluding carboxylic acids is 3. The van der Waals surface area contributed by atoms with Gasteiger partial charge in [-0.15, -0.1) is 6.58 Å². The zero-order chi connectivity index (χ0) is 32.3. The number of nitrogens with one attached hydrogen (secondary N) is 2. The maximum atomic E-state index is 14.2. The molecule has 242 valence electrons. The number of likely N-dealkylation sites (tertiary alicyclic amines) is 1. The number of sulfonamides is 1. The molecule has 2 unspecified atom stereocenters. The number of rotatable bonds is 10. The van der Waals surface area contributed by atoms with E-state index >= 15 is 0 Å². The molecule has 2 N–H and O–H groups in total. The van der Waals surface area contributed by atoms with Gasteiger partial charge in [0, 0.05) is 24.3 Å². The van der Waals surface area contributed by atoms with Crippen LogP contribution in [0.2, 0.25) is 0 Å². The van der Waals surface area contributed by atoms with Crippen LogP contribution in [0.25, 0.3) is 0 Å². The second kappa shape index (κ2) is 11.2. The second-order valence-electron chi connectivity index (χ2n) is 12.8. The highest BCUT2D eigenvalue weighted by molar-refractivity contribution is 7.91. The fourth-order valence-electron chi connectivity index (χ4n) is 6.63. The molecule has 0 bridgehead atoms. The van der Waals surface area contributed by atoms with E-state index < -0.39 is 61.9 Å². The number of ether oxygens (including phenoxy) is 1. The van der Waals surface area contributed by atoms with Crippen LogP contribution in [-0.2, 0) is 34.7 Å². The molecule has 2 aromatic rings. The summed E-state index contributed by atoms with van der Waals surface area (Å²) in [7, 11) is -3.85. The number of hydrogen-bond donors (Lipinski definition) is 2. The molecule has 2 aliphatic heterocycles. The average Bonchev–Trinajstić information content (AvgIpc) is 3.94. The molecule has 0 radical (unpaired) electrons. The lowest BCUT2D eigenvalue weighted by molar-refractivity contribution is -0.141. The van der Waals surface area contributed by atoms with Crippen LogP contribution in [0.1, 0.15) is 56.1 Å². The van der Waals surface area contributed by atoms with Gasteiger partial charge >= 0.3 is 0 Å². The largest absolute Gasteiger partial charge is 0.492 e. The Balaban J connectivity index is 1.14. The van der Waals surface area contributed by atoms with Gasteiger partial charge in [-0.2, -0.15) is 0 Å². The second-order valence-corrected chi connectivity index (χ2v) is 14.8. The number of oxime groups is 1. The number of halogens is 1. The molecule has 46 heavy (non-hydrogen) atoms. The Morgan fingerprint density at radius 3 is 2.57 bits per heavy atom. The first-order valence-corrected chi connectivity index (χ1v) is 17.1. The van der Waals surface area contributed by atoms with Gasteiger partial charge in [-0.05, 0) is 55.9 Å². The SMILES string of the molecule is C=C[C@@H]1C[C@@]1(NC(=O)C1CC(O/N=C2\CCOc3ccc(F)cc32)CN1C(=O)C1(c2ccccc2)CC1)C(=O)NS(=O)(=O)C1CC1. The maximum Gasteiger partial charge on any atom is 0.259 e. The molecule has 3 saturated carbocycles. The van der Waals surface area contributed by atoms with Crippen LogP contribution in [0.5, 0.6) is 5.75 Å². The first kappa shape index (κ1) is 30.4. The van der Waals surface area contributed by atoms with E-state index in [1.807, 2.05) is 30.3 Å². The molecule has 3 amide bonds. The predicted molar refractivity (Wildman–Crippen MR) is 165 cm³/mol. The van der Waals surface area contributed by atoms with Gasteiger partial charge in [0.2, 0.25) is 21.8 Å². The van der Waals surface area contributed by atoms with Crippen molar-refractivity contribution < 1.29 is 36.8 Å². The topological polar surface area (TPSA) is 143 Å². The van der Waals surface area contributed by atoms with Gasteiger partial charge in [0.05, 0.1) is 29.5 Å². The summed E-state index contributed by atoms with van der Waals surface area (Å²) in [5.41, 5.74) is -0.422. The quantitative estimate of drug-likeness (QED) is 0.297. The Hall–Kier alpha value is -4.26. The van der Waals surface area contributed by atoms with Gasteiger partial charge < -0.3 is 19.8 Å². The molecule has 7 rings (SSSR count). The molecular weight excluding hydrogens is 615 g/mol. The first-order valence-electron chi connectivity index (χ1n) is 15.6. The number of hydrogen-bond acceptors (Lipinski definition) is 8. The Morgan fingerprint density at radius 2 is 1.89 bits per heavy atom. The van der Waals surface area contributed by atoms with E-state index in [2.05, 4.69) is 21.8 Å². The number of amides is 3. The average molecular weight is 651 g/mol. The first-order chi connectivity index (χ1) is 22.1. The van der Waals surface area contributed by atoms with Crippen LogP contribution in [-0.4, -0.2) is 72.8 Å². The smallest absolute Gasteiger partial charge is 0.259 e. The highest BCUT2D eigenvalue weighted by Crippen LogP contribution is 2.51. The summed E-state index contributed by atoms with van der Waals surface area (Å²) in [5, 5.41) is 6.52. The normalized spacial score (nSPS) is 28.4. The standard InChI is InChI=1S/C33H35FN4O7S/c1-2-20-18-33(20,30(40)37-46(42,43)24-9-10-24)35-29(39)27-17-23(45-36-26-12-15-44-28-11-8-22(34)16-25(26)28)19-38(27)31(41)32(13-14-32)21-6-4-3-5-7-21/h2-8,11,16,20,23-24,27H,1,9-10,12-15,17-19H2,(H,35,39)(H,37,40)/b36-26+/t20-,23?,27?,33+/m1/s1. The van der Waals surface area contributed by atoms with Crippen molar-refractivity contribution in [3.63, 3.8) is 0 Å². The van der Waals surface area contributed by atoms with Crippen LogP contribution < -0.4 is 14.8 Å². The molecule has 0 aromatic heterocycles. The highest BCUT2D eigenvalue weighted by atomic mass is 32.2. The summed E-state index contributed by atoms with van der Waals surface area (Å²) in [6, 6.07) is 12.6. The molecule has 2 heterocycles. The van der Waals surface area contributed by atoms with Gasteiger partial charge in [0.15, 0.2) is 0 Å². The van der Waals surface area contributed by atoms with Crippen molar-refractivity contribution in [3.8, 4) is 5.75 Å². The van der Waals surface area contributed by atoms with Crippen molar-refractivity contribution in [2.75, 3.05) is 13.2 Å². The van der Waals surface area contributed by atoms with Gasteiger partial charge in [-0.1, -0.05) is 41.6 Å². The van der Waals surface area contributed by atoms with Crippen LogP contribution >= 0.6 is 0 Å². The molecule has 13 heteroatoms. The third kappa shape index (κ3) is 5.44. The van der Waals surface area contributed by atoms with Crippen LogP contribution in [0, 0.1) is 11.7 Å². The molecule has 5 aliphatic rings. The molecular formula is C33H35FN4O7S. The van der Waals surface area contributed by atoms with Crippen molar-refractivity contribution in [1.82, 2.24) is 14.9 Å². The number of carbonyl (C=O) groups is 3. The predicted octanol–water partition coefficient (Wildman–Crippen LogP) is 2.70. The summed E-state index contributed by atoms with van der Waals surface area (Å²) >= 11 is 0. The van der Waals surface area contributed by atoms with Crippen LogP contribution in [0.3, 0.4) is 0 Å². The molecule has 0 spiro atoms. The summed E-state index contributed by atoms with van der Waals surface area (Å²) in [5.74, 6) is -2.03. The van der Waals surface area contributed by atoms with Crippen LogP contribution in [0.4, 0.5) is 4.39 Å². The lowest BCUT2D eigenvalue weighted by atomic mass is 9.94. The van der Waals surface area contributed by atoms with E-state index in [0.717, 1.165) is 5.56 Å². The van der Waals surface area contributed by atoms with Gasteiger partial charge in [-0.25, -0.2) is 12.8 Å². The van der Waals surface area contributed by atoms with E-state index in [4.69, 9.17) is 9.57 Å². The summed E-state index contributed by atoms with van der Waals surface area (Å²) < 4.78 is 46.9. The van der Waals surface area contributed by atoms with E-state index in [-0.39, 0.29) is 25.3 Å². The van der Waals surface area contributed by atoms with Gasteiger partial charge in [-0.3, -0.25) is 19.1 Å². The van der Waals surface area contributed by atoms with Crippen molar-refractivity contribution in [3.05, 3.63) is 78.1 Å². The van der Waals surface area contributed by atoms with Crippen molar-refractivity contribution in [1.29, 1.82) is 0 Å². The van der Waals surface area contributed by atoms with Crippen molar-refractivity contribution in [2.24, 2.45) is 11.1 Å². The van der Waals surface area contributed by atoms with Crippen LogP contribution in [0.15, 0.2) is 66.3 Å². The summed E-state index contributed by atoms with van der Waals surface area (Å²) in [4.78, 5) is 49.0. The third-order valence-electron chi connectivity index (χ3n) is 9.72. The third-order valence-corrected chi connectivity index (χ3v) is 11.5. The zero-order valence-electron chi connectivity index (χ0n) is 25.1. The van der Waals surface area contributed by atoms with E-state index in [9.17, 15) is 27.2 Å². The fourth-order valence-corrected chi connectivity index (χ4v) is 7.99. The Labute approximate surface area is 266 Å².